The largest absolute Gasteiger partial charge is 0.303 e. The lowest BCUT2D eigenvalue weighted by Crippen LogP contribution is -2.19. The average Bonchev–Trinajstić information content (AvgIpc) is 2.68. The zero-order valence-corrected chi connectivity index (χ0v) is 11.0. The van der Waals surface area contributed by atoms with Gasteiger partial charge < -0.3 is 4.40 Å². The van der Waals surface area contributed by atoms with Gasteiger partial charge in [-0.1, -0.05) is 25.4 Å². The Labute approximate surface area is 107 Å². The summed E-state index contributed by atoms with van der Waals surface area (Å²) in [4.78, 5) is 4.72. The zero-order chi connectivity index (χ0) is 12.0. The lowest BCUT2D eigenvalue weighted by molar-refractivity contribution is 0.338. The third kappa shape index (κ3) is 1.75. The molecule has 17 heavy (non-hydrogen) atoms. The van der Waals surface area contributed by atoms with Crippen molar-refractivity contribution >= 4 is 17.2 Å². The molecule has 0 amide bonds. The van der Waals surface area contributed by atoms with Gasteiger partial charge in [0.15, 0.2) is 5.65 Å². The molecule has 0 spiro atoms. The predicted octanol–water partition coefficient (Wildman–Crippen LogP) is 3.75. The first-order valence-electron chi connectivity index (χ1n) is 6.31. The van der Waals surface area contributed by atoms with E-state index in [2.05, 4.69) is 24.4 Å². The van der Waals surface area contributed by atoms with E-state index in [9.17, 15) is 0 Å². The molecule has 1 aliphatic rings. The second kappa shape index (κ2) is 4.02. The Morgan fingerprint density at radius 2 is 2.29 bits per heavy atom. The van der Waals surface area contributed by atoms with Crippen molar-refractivity contribution in [3.63, 3.8) is 0 Å². The first-order chi connectivity index (χ1) is 8.16. The maximum atomic E-state index is 6.19. The standard InChI is InChI=1S/C14H17ClN2/c1-9(2)10-5-6-13-12(8-10)16-14-11(15)4-3-7-17(13)14/h3-4,7,9-10H,5-6,8H2,1-2H3. The molecular weight excluding hydrogens is 232 g/mol. The second-order valence-electron chi connectivity index (χ2n) is 5.30. The molecule has 0 aromatic carbocycles. The van der Waals surface area contributed by atoms with Gasteiger partial charge in [0.25, 0.3) is 0 Å². The van der Waals surface area contributed by atoms with E-state index in [1.165, 1.54) is 17.8 Å². The second-order valence-corrected chi connectivity index (χ2v) is 5.71. The number of aromatic nitrogens is 2. The molecule has 3 heteroatoms. The molecule has 0 bridgehead atoms. The van der Waals surface area contributed by atoms with Crippen LogP contribution in [0.25, 0.3) is 5.65 Å². The molecular formula is C14H17ClN2. The van der Waals surface area contributed by atoms with Gasteiger partial charge in [-0.2, -0.15) is 0 Å². The molecule has 0 saturated carbocycles. The number of hydrogen-bond acceptors (Lipinski definition) is 1. The van der Waals surface area contributed by atoms with Crippen LogP contribution in [0.4, 0.5) is 0 Å². The normalized spacial score (nSPS) is 19.9. The Kier molecular flexibility index (Phi) is 2.62. The number of fused-ring (bicyclic) bond motifs is 3. The van der Waals surface area contributed by atoms with Crippen molar-refractivity contribution < 1.29 is 0 Å². The van der Waals surface area contributed by atoms with Gasteiger partial charge in [0.2, 0.25) is 0 Å². The van der Waals surface area contributed by atoms with Crippen molar-refractivity contribution in [2.24, 2.45) is 11.8 Å². The fourth-order valence-electron chi connectivity index (χ4n) is 2.80. The Balaban J connectivity index is 2.10. The Morgan fingerprint density at radius 1 is 1.47 bits per heavy atom. The van der Waals surface area contributed by atoms with E-state index >= 15 is 0 Å². The zero-order valence-electron chi connectivity index (χ0n) is 10.3. The average molecular weight is 249 g/mol. The molecule has 0 N–H and O–H groups in total. The van der Waals surface area contributed by atoms with E-state index in [-0.39, 0.29) is 0 Å². The van der Waals surface area contributed by atoms with Crippen LogP contribution in [0.15, 0.2) is 18.3 Å². The van der Waals surface area contributed by atoms with Crippen molar-refractivity contribution in [1.82, 2.24) is 9.38 Å². The molecule has 1 aliphatic carbocycles. The van der Waals surface area contributed by atoms with E-state index in [1.807, 2.05) is 12.1 Å². The van der Waals surface area contributed by atoms with E-state index in [0.29, 0.717) is 0 Å². The van der Waals surface area contributed by atoms with Gasteiger partial charge in [-0.05, 0) is 43.2 Å². The molecule has 2 aromatic heterocycles. The van der Waals surface area contributed by atoms with Crippen molar-refractivity contribution in [2.45, 2.75) is 33.1 Å². The number of halogens is 1. The summed E-state index contributed by atoms with van der Waals surface area (Å²) in [5, 5.41) is 0.753. The maximum Gasteiger partial charge on any atom is 0.156 e. The quantitative estimate of drug-likeness (QED) is 0.751. The van der Waals surface area contributed by atoms with Gasteiger partial charge in [-0.3, -0.25) is 0 Å². The molecule has 2 nitrogen and oxygen atoms in total. The minimum Gasteiger partial charge on any atom is -0.303 e. The van der Waals surface area contributed by atoms with E-state index in [0.717, 1.165) is 35.3 Å². The van der Waals surface area contributed by atoms with Gasteiger partial charge in [-0.25, -0.2) is 4.98 Å². The van der Waals surface area contributed by atoms with Crippen LogP contribution in [0.3, 0.4) is 0 Å². The summed E-state index contributed by atoms with van der Waals surface area (Å²) in [5.41, 5.74) is 3.53. The highest BCUT2D eigenvalue weighted by molar-refractivity contribution is 6.33. The van der Waals surface area contributed by atoms with Crippen LogP contribution in [0.1, 0.15) is 31.7 Å². The summed E-state index contributed by atoms with van der Waals surface area (Å²) in [7, 11) is 0. The number of imidazole rings is 1. The maximum absolute atomic E-state index is 6.19. The van der Waals surface area contributed by atoms with Crippen LogP contribution in [-0.4, -0.2) is 9.38 Å². The minimum atomic E-state index is 0.739. The molecule has 2 heterocycles. The number of rotatable bonds is 1. The SMILES string of the molecule is CC(C)C1CCc2c(nc3c(Cl)cccn23)C1. The Morgan fingerprint density at radius 3 is 3.06 bits per heavy atom. The molecule has 0 aliphatic heterocycles. The number of pyridine rings is 1. The molecule has 0 fully saturated rings. The summed E-state index contributed by atoms with van der Waals surface area (Å²) in [6.45, 7) is 4.61. The molecule has 90 valence electrons. The molecule has 2 aromatic rings. The molecule has 1 unspecified atom stereocenters. The van der Waals surface area contributed by atoms with Crippen molar-refractivity contribution in [2.75, 3.05) is 0 Å². The fraction of sp³-hybridized carbons (Fsp3) is 0.500. The summed E-state index contributed by atoms with van der Waals surface area (Å²) < 4.78 is 2.16. The highest BCUT2D eigenvalue weighted by atomic mass is 35.5. The van der Waals surface area contributed by atoms with Crippen LogP contribution >= 0.6 is 11.6 Å². The van der Waals surface area contributed by atoms with Crippen molar-refractivity contribution in [1.29, 1.82) is 0 Å². The van der Waals surface area contributed by atoms with Crippen molar-refractivity contribution in [3.05, 3.63) is 34.7 Å². The fourth-order valence-corrected chi connectivity index (χ4v) is 3.01. The highest BCUT2D eigenvalue weighted by Crippen LogP contribution is 2.31. The summed E-state index contributed by atoms with van der Waals surface area (Å²) >= 11 is 6.19. The monoisotopic (exact) mass is 248 g/mol. The minimum absolute atomic E-state index is 0.739. The van der Waals surface area contributed by atoms with Crippen LogP contribution < -0.4 is 0 Å². The van der Waals surface area contributed by atoms with E-state index in [1.54, 1.807) is 0 Å². The first-order valence-corrected chi connectivity index (χ1v) is 6.69. The van der Waals surface area contributed by atoms with Gasteiger partial charge >= 0.3 is 0 Å². The molecule has 0 radical (unpaired) electrons. The van der Waals surface area contributed by atoms with Gasteiger partial charge in [0, 0.05) is 11.9 Å². The predicted molar refractivity (Wildman–Crippen MR) is 70.6 cm³/mol. The van der Waals surface area contributed by atoms with Crippen LogP contribution in [-0.2, 0) is 12.8 Å². The summed E-state index contributed by atoms with van der Waals surface area (Å²) in [6.07, 6.45) is 5.57. The lowest BCUT2D eigenvalue weighted by atomic mass is 9.82. The van der Waals surface area contributed by atoms with Crippen LogP contribution in [0, 0.1) is 11.8 Å². The summed E-state index contributed by atoms with van der Waals surface area (Å²) in [6, 6.07) is 3.90. The van der Waals surface area contributed by atoms with Crippen LogP contribution in [0.5, 0.6) is 0 Å². The smallest absolute Gasteiger partial charge is 0.156 e. The Bertz CT molecular complexity index is 557. The van der Waals surface area contributed by atoms with E-state index < -0.39 is 0 Å². The molecule has 1 atom stereocenters. The molecule has 0 saturated heterocycles. The van der Waals surface area contributed by atoms with Gasteiger partial charge in [-0.15, -0.1) is 0 Å². The first kappa shape index (κ1) is 11.1. The number of hydrogen-bond donors (Lipinski definition) is 0. The highest BCUT2D eigenvalue weighted by Gasteiger charge is 2.25. The van der Waals surface area contributed by atoms with E-state index in [4.69, 9.17) is 16.6 Å². The summed E-state index contributed by atoms with van der Waals surface area (Å²) in [5.74, 6) is 1.51. The van der Waals surface area contributed by atoms with Crippen LogP contribution in [0.2, 0.25) is 5.02 Å². The third-order valence-electron chi connectivity index (χ3n) is 3.93. The third-order valence-corrected chi connectivity index (χ3v) is 4.23. The van der Waals surface area contributed by atoms with Gasteiger partial charge in [0.05, 0.1) is 10.7 Å². The van der Waals surface area contributed by atoms with Gasteiger partial charge in [0.1, 0.15) is 0 Å². The molecule has 3 rings (SSSR count). The Hall–Kier alpha value is -1.02. The topological polar surface area (TPSA) is 17.3 Å². The number of aryl methyl sites for hydroxylation is 1. The number of nitrogens with zero attached hydrogens (tertiary/aromatic N) is 2. The van der Waals surface area contributed by atoms with Crippen molar-refractivity contribution in [3.8, 4) is 0 Å². The lowest BCUT2D eigenvalue weighted by Gasteiger charge is -2.24.